The van der Waals surface area contributed by atoms with Crippen molar-refractivity contribution in [3.63, 3.8) is 0 Å². The number of imide groups is 1. The van der Waals surface area contributed by atoms with E-state index in [1.165, 1.54) is 18.8 Å². The van der Waals surface area contributed by atoms with Crippen LogP contribution in [0.4, 0.5) is 26.1 Å². The third-order valence-corrected chi connectivity index (χ3v) is 13.9. The zero-order chi connectivity index (χ0) is 44.4. The maximum absolute atomic E-state index is 15.6. The predicted octanol–water partition coefficient (Wildman–Crippen LogP) is 5.37. The van der Waals surface area contributed by atoms with E-state index in [0.717, 1.165) is 47.8 Å². The molecular weight excluding hydrogens is 835 g/mol. The van der Waals surface area contributed by atoms with Crippen molar-refractivity contribution < 1.29 is 36.4 Å². The Balaban J connectivity index is 0.834. The highest BCUT2D eigenvalue weighted by Crippen LogP contribution is 2.38. The molecule has 5 aromatic rings. The highest BCUT2D eigenvalue weighted by Gasteiger charge is 2.30. The third-order valence-electron chi connectivity index (χ3n) is 12.3. The first-order valence-corrected chi connectivity index (χ1v) is 22.5. The standard InChI is InChI=1S/C44H48F2N10O6S/c1-3-54(2)63(61,62)53-35-13-12-34(45)39(40(35)46)41(59)33-25-48-42-32(33)21-29(22-47-42)30-23-49-44(50-24-30)56-18-16-55(17-19-56)38(58)20-26-4-6-27(7-5-26)28-8-10-31(11-9-28)51-36-14-15-37(57)52-43(36)60/h8-13,21-27,36,51,53H,3-7,14-20H2,1-2H3,(H,47,48)(H,52,57,60)/t26-,27+,36?. The molecule has 0 bridgehead atoms. The number of aromatic amines is 1. The second kappa shape index (κ2) is 18.2. The number of hydrogen-bond acceptors (Lipinski definition) is 11. The van der Waals surface area contributed by atoms with Gasteiger partial charge < -0.3 is 20.1 Å². The maximum Gasteiger partial charge on any atom is 0.301 e. The zero-order valence-corrected chi connectivity index (χ0v) is 35.7. The van der Waals surface area contributed by atoms with Crippen LogP contribution in [0.1, 0.15) is 79.3 Å². The Kier molecular flexibility index (Phi) is 12.5. The summed E-state index contributed by atoms with van der Waals surface area (Å²) in [4.78, 5) is 71.0. The van der Waals surface area contributed by atoms with Crippen molar-refractivity contribution >= 4 is 62.1 Å². The number of ketones is 1. The van der Waals surface area contributed by atoms with Crippen LogP contribution in [-0.2, 0) is 24.6 Å². The van der Waals surface area contributed by atoms with Gasteiger partial charge in [0.1, 0.15) is 17.5 Å². The molecule has 0 radical (unpaired) electrons. The minimum absolute atomic E-state index is 0.0642. The number of rotatable bonds is 13. The number of pyridine rings is 1. The number of hydrogen-bond donors (Lipinski definition) is 4. The summed E-state index contributed by atoms with van der Waals surface area (Å²) >= 11 is 0. The van der Waals surface area contributed by atoms with Gasteiger partial charge in [-0.1, -0.05) is 19.1 Å². The highest BCUT2D eigenvalue weighted by atomic mass is 32.2. The normalized spacial score (nSPS) is 19.6. The molecule has 19 heteroatoms. The molecule has 0 spiro atoms. The van der Waals surface area contributed by atoms with Gasteiger partial charge in [0.2, 0.25) is 29.5 Å². The Morgan fingerprint density at radius 1 is 0.905 bits per heavy atom. The molecule has 3 fully saturated rings. The molecule has 1 unspecified atom stereocenters. The van der Waals surface area contributed by atoms with E-state index in [-0.39, 0.29) is 29.8 Å². The number of nitrogens with one attached hydrogen (secondary N) is 4. The molecule has 1 saturated carbocycles. The van der Waals surface area contributed by atoms with E-state index in [4.69, 9.17) is 0 Å². The van der Waals surface area contributed by atoms with Crippen molar-refractivity contribution in [3.8, 4) is 11.1 Å². The number of benzene rings is 2. The SMILES string of the molecule is CCN(C)S(=O)(=O)Nc1ccc(F)c(C(=O)c2c[nH]c3ncc(-c4cnc(N5CCN(C(=O)C[C@H]6CC[C@@H](c7ccc(NC8CCC(=O)NC8=O)cc7)CC6)CC5)nc4)cc23)c1F. The van der Waals surface area contributed by atoms with Crippen LogP contribution in [0, 0.1) is 17.6 Å². The summed E-state index contributed by atoms with van der Waals surface area (Å²) in [5.74, 6) is -2.61. The molecular formula is C44H48F2N10O6S. The van der Waals surface area contributed by atoms with Gasteiger partial charge in [0.05, 0.1) is 11.3 Å². The van der Waals surface area contributed by atoms with Crippen molar-refractivity contribution in [3.05, 3.63) is 95.6 Å². The molecule has 63 heavy (non-hydrogen) atoms. The fourth-order valence-electron chi connectivity index (χ4n) is 8.46. The predicted molar refractivity (Wildman–Crippen MR) is 232 cm³/mol. The fraction of sp³-hybridized carbons (Fsp3) is 0.386. The summed E-state index contributed by atoms with van der Waals surface area (Å²) in [5, 5.41) is 5.89. The van der Waals surface area contributed by atoms with Crippen molar-refractivity contribution in [2.45, 2.75) is 63.8 Å². The number of carbonyl (C=O) groups excluding carboxylic acids is 4. The van der Waals surface area contributed by atoms with Gasteiger partial charge in [-0.2, -0.15) is 12.7 Å². The van der Waals surface area contributed by atoms with Crippen LogP contribution < -0.4 is 20.3 Å². The number of nitrogens with zero attached hydrogens (tertiary/aromatic N) is 6. The number of halogens is 2. The monoisotopic (exact) mass is 882 g/mol. The van der Waals surface area contributed by atoms with E-state index in [1.807, 2.05) is 21.9 Å². The Morgan fingerprint density at radius 2 is 1.60 bits per heavy atom. The van der Waals surface area contributed by atoms with Crippen molar-refractivity contribution in [1.29, 1.82) is 0 Å². The topological polar surface area (TPSA) is 203 Å². The van der Waals surface area contributed by atoms with E-state index < -0.39 is 44.9 Å². The molecule has 3 aliphatic rings. The lowest BCUT2D eigenvalue weighted by Crippen LogP contribution is -2.49. The summed E-state index contributed by atoms with van der Waals surface area (Å²) in [5.41, 5.74) is 1.99. The van der Waals surface area contributed by atoms with E-state index in [1.54, 1.807) is 31.6 Å². The summed E-state index contributed by atoms with van der Waals surface area (Å²) < 4.78 is 58.7. The Bertz CT molecular complexity index is 2650. The fourth-order valence-corrected chi connectivity index (χ4v) is 9.39. The van der Waals surface area contributed by atoms with E-state index in [0.29, 0.717) is 85.4 Å². The second-order valence-corrected chi connectivity index (χ2v) is 18.1. The van der Waals surface area contributed by atoms with Gasteiger partial charge in [-0.25, -0.2) is 23.7 Å². The number of aromatic nitrogens is 4. The van der Waals surface area contributed by atoms with Gasteiger partial charge in [0, 0.05) is 105 Å². The lowest BCUT2D eigenvalue weighted by Gasteiger charge is -2.36. The molecule has 16 nitrogen and oxygen atoms in total. The van der Waals surface area contributed by atoms with Crippen LogP contribution in [0.3, 0.4) is 0 Å². The largest absolute Gasteiger partial charge is 0.374 e. The molecule has 2 aromatic carbocycles. The summed E-state index contributed by atoms with van der Waals surface area (Å²) in [6.07, 6.45) is 11.4. The van der Waals surface area contributed by atoms with Crippen molar-refractivity contribution in [1.82, 2.24) is 34.5 Å². The van der Waals surface area contributed by atoms with Crippen LogP contribution in [0.15, 0.2) is 67.3 Å². The molecule has 4 N–H and O–H groups in total. The smallest absolute Gasteiger partial charge is 0.301 e. The maximum atomic E-state index is 15.6. The van der Waals surface area contributed by atoms with E-state index in [2.05, 4.69) is 47.4 Å². The van der Waals surface area contributed by atoms with Crippen LogP contribution >= 0.6 is 0 Å². The molecule has 2 saturated heterocycles. The van der Waals surface area contributed by atoms with E-state index in [9.17, 15) is 27.6 Å². The minimum atomic E-state index is -4.15. The molecule has 8 rings (SSSR count). The average Bonchev–Trinajstić information content (AvgIpc) is 3.72. The summed E-state index contributed by atoms with van der Waals surface area (Å²) in [6.45, 7) is 3.93. The van der Waals surface area contributed by atoms with E-state index >= 15 is 8.78 Å². The number of carbonyl (C=O) groups is 4. The third kappa shape index (κ3) is 9.39. The number of anilines is 3. The minimum Gasteiger partial charge on any atom is -0.374 e. The first-order valence-electron chi connectivity index (χ1n) is 21.1. The Morgan fingerprint density at radius 3 is 2.29 bits per heavy atom. The van der Waals surface area contributed by atoms with Gasteiger partial charge in [-0.05, 0) is 79.8 Å². The van der Waals surface area contributed by atoms with Gasteiger partial charge in [-0.3, -0.25) is 29.2 Å². The Hall–Kier alpha value is -6.34. The molecule has 5 heterocycles. The molecule has 1 aliphatic carbocycles. The van der Waals surface area contributed by atoms with Gasteiger partial charge in [0.25, 0.3) is 0 Å². The number of piperazine rings is 1. The quantitative estimate of drug-likeness (QED) is 0.0875. The van der Waals surface area contributed by atoms with Gasteiger partial charge in [0.15, 0.2) is 5.82 Å². The van der Waals surface area contributed by atoms with Crippen LogP contribution in [0.25, 0.3) is 22.2 Å². The number of piperidine rings is 1. The zero-order valence-electron chi connectivity index (χ0n) is 34.9. The molecule has 330 valence electrons. The second-order valence-electron chi connectivity index (χ2n) is 16.3. The van der Waals surface area contributed by atoms with Crippen LogP contribution in [0.2, 0.25) is 0 Å². The molecule has 3 amide bonds. The number of amides is 3. The lowest BCUT2D eigenvalue weighted by atomic mass is 9.77. The highest BCUT2D eigenvalue weighted by molar-refractivity contribution is 7.90. The average molecular weight is 883 g/mol. The summed E-state index contributed by atoms with van der Waals surface area (Å²) in [7, 11) is -2.86. The van der Waals surface area contributed by atoms with Gasteiger partial charge in [-0.15, -0.1) is 0 Å². The van der Waals surface area contributed by atoms with Crippen LogP contribution in [0.5, 0.6) is 0 Å². The first-order chi connectivity index (χ1) is 30.3. The van der Waals surface area contributed by atoms with Gasteiger partial charge >= 0.3 is 10.2 Å². The van der Waals surface area contributed by atoms with Crippen molar-refractivity contribution in [2.24, 2.45) is 5.92 Å². The molecule has 3 aromatic heterocycles. The molecule has 2 aliphatic heterocycles. The van der Waals surface area contributed by atoms with Crippen molar-refractivity contribution in [2.75, 3.05) is 54.7 Å². The first kappa shape index (κ1) is 43.3. The number of fused-ring (bicyclic) bond motifs is 1. The Labute approximate surface area is 363 Å². The number of H-pyrrole nitrogens is 1. The lowest BCUT2D eigenvalue weighted by molar-refractivity contribution is -0.134. The van der Waals surface area contributed by atoms with Crippen LogP contribution in [-0.4, -0.2) is 107 Å². The molecule has 1 atom stereocenters. The summed E-state index contributed by atoms with van der Waals surface area (Å²) in [6, 6.07) is 11.2.